The van der Waals surface area contributed by atoms with Crippen molar-refractivity contribution in [3.05, 3.63) is 29.8 Å². The van der Waals surface area contributed by atoms with E-state index >= 15 is 0 Å². The molecule has 4 amide bonds. The number of carbonyl (C=O) groups excluding carboxylic acids is 3. The van der Waals surface area contributed by atoms with E-state index in [-0.39, 0.29) is 43.4 Å². The van der Waals surface area contributed by atoms with Gasteiger partial charge in [0.1, 0.15) is 0 Å². The Hall–Kier alpha value is -2.57. The number of amides is 4. The average molecular weight is 389 g/mol. The summed E-state index contributed by atoms with van der Waals surface area (Å²) in [7, 11) is 1.59. The quantitative estimate of drug-likeness (QED) is 0.639. The molecule has 0 aromatic heterocycles. The van der Waals surface area contributed by atoms with E-state index in [0.29, 0.717) is 0 Å². The van der Waals surface area contributed by atoms with Crippen molar-refractivity contribution < 1.29 is 14.4 Å². The first-order valence-electron chi connectivity index (χ1n) is 10.2. The Bertz CT molecular complexity index is 671. The fourth-order valence-corrected chi connectivity index (χ4v) is 3.40. The topological polar surface area (TPSA) is 90.5 Å². The van der Waals surface area contributed by atoms with Gasteiger partial charge in [0.05, 0.1) is 6.54 Å². The van der Waals surface area contributed by atoms with Crippen LogP contribution in [0.1, 0.15) is 51.0 Å². The molecule has 0 aliphatic heterocycles. The molecule has 1 saturated carbocycles. The molecule has 1 fully saturated rings. The summed E-state index contributed by atoms with van der Waals surface area (Å²) < 4.78 is 0. The summed E-state index contributed by atoms with van der Waals surface area (Å²) in [5, 5.41) is 8.53. The zero-order valence-electron chi connectivity index (χ0n) is 16.9. The van der Waals surface area contributed by atoms with E-state index in [1.165, 1.54) is 11.3 Å². The number of nitrogens with one attached hydrogen (secondary N) is 3. The molecule has 0 saturated heterocycles. The Morgan fingerprint density at radius 3 is 2.54 bits per heavy atom. The molecule has 0 unspecified atom stereocenters. The number of aryl methyl sites for hydroxylation is 1. The first kappa shape index (κ1) is 21.7. The number of para-hydroxylation sites is 1. The van der Waals surface area contributed by atoms with Crippen LogP contribution in [-0.2, 0) is 16.0 Å². The summed E-state index contributed by atoms with van der Waals surface area (Å²) in [6, 6.07) is 7.63. The van der Waals surface area contributed by atoms with Crippen LogP contribution in [0.2, 0.25) is 0 Å². The molecule has 3 N–H and O–H groups in total. The standard InChI is InChI=1S/C21H32N4O3/c1-3-16-9-7-8-12-18(16)24-19(26)15-25(2)20(27)13-14-22-21(28)23-17-10-5-4-6-11-17/h7-9,12,17H,3-6,10-11,13-15H2,1-2H3,(H,24,26)(H2,22,23,28). The minimum absolute atomic E-state index is 0.0227. The monoisotopic (exact) mass is 388 g/mol. The highest BCUT2D eigenvalue weighted by molar-refractivity contribution is 5.95. The Morgan fingerprint density at radius 1 is 1.11 bits per heavy atom. The largest absolute Gasteiger partial charge is 0.338 e. The van der Waals surface area contributed by atoms with Gasteiger partial charge in [-0.25, -0.2) is 4.79 Å². The van der Waals surface area contributed by atoms with Gasteiger partial charge < -0.3 is 20.9 Å². The van der Waals surface area contributed by atoms with E-state index in [4.69, 9.17) is 0 Å². The molecule has 154 valence electrons. The van der Waals surface area contributed by atoms with Crippen LogP contribution < -0.4 is 16.0 Å². The molecule has 1 aromatic rings. The third-order valence-electron chi connectivity index (χ3n) is 5.04. The second-order valence-electron chi connectivity index (χ2n) is 7.29. The van der Waals surface area contributed by atoms with Crippen molar-refractivity contribution in [1.29, 1.82) is 0 Å². The number of anilines is 1. The molecule has 1 aromatic carbocycles. The summed E-state index contributed by atoms with van der Waals surface area (Å²) in [6.45, 7) is 2.26. The van der Waals surface area contributed by atoms with Crippen molar-refractivity contribution in [3.8, 4) is 0 Å². The molecule has 1 aliphatic carbocycles. The van der Waals surface area contributed by atoms with Crippen LogP contribution in [-0.4, -0.2) is 48.9 Å². The highest BCUT2D eigenvalue weighted by Crippen LogP contribution is 2.17. The van der Waals surface area contributed by atoms with Gasteiger partial charge in [0, 0.05) is 31.7 Å². The van der Waals surface area contributed by atoms with Gasteiger partial charge in [-0.3, -0.25) is 9.59 Å². The van der Waals surface area contributed by atoms with E-state index in [1.54, 1.807) is 7.05 Å². The maximum Gasteiger partial charge on any atom is 0.315 e. The van der Waals surface area contributed by atoms with E-state index in [2.05, 4.69) is 16.0 Å². The van der Waals surface area contributed by atoms with Crippen molar-refractivity contribution in [1.82, 2.24) is 15.5 Å². The van der Waals surface area contributed by atoms with Crippen molar-refractivity contribution >= 4 is 23.5 Å². The van der Waals surface area contributed by atoms with E-state index in [0.717, 1.165) is 43.4 Å². The lowest BCUT2D eigenvalue weighted by atomic mass is 9.96. The molecule has 0 bridgehead atoms. The number of hydrogen-bond donors (Lipinski definition) is 3. The van der Waals surface area contributed by atoms with E-state index in [1.807, 2.05) is 31.2 Å². The molecule has 2 rings (SSSR count). The van der Waals surface area contributed by atoms with Crippen LogP contribution in [0.3, 0.4) is 0 Å². The molecule has 7 heteroatoms. The lowest BCUT2D eigenvalue weighted by Crippen LogP contribution is -2.44. The van der Waals surface area contributed by atoms with Crippen LogP contribution in [0, 0.1) is 0 Å². The van der Waals surface area contributed by atoms with Crippen LogP contribution in [0.5, 0.6) is 0 Å². The fraction of sp³-hybridized carbons (Fsp3) is 0.571. The smallest absolute Gasteiger partial charge is 0.315 e. The van der Waals surface area contributed by atoms with Gasteiger partial charge >= 0.3 is 6.03 Å². The van der Waals surface area contributed by atoms with Gasteiger partial charge in [-0.15, -0.1) is 0 Å². The summed E-state index contributed by atoms with van der Waals surface area (Å²) in [5.74, 6) is -0.420. The van der Waals surface area contributed by atoms with Crippen LogP contribution in [0.4, 0.5) is 10.5 Å². The Labute approximate surface area is 167 Å². The number of urea groups is 1. The predicted octanol–water partition coefficient (Wildman–Crippen LogP) is 2.67. The van der Waals surface area contributed by atoms with Crippen LogP contribution in [0.25, 0.3) is 0 Å². The maximum atomic E-state index is 12.2. The Balaban J connectivity index is 1.67. The lowest BCUT2D eigenvalue weighted by molar-refractivity contribution is -0.133. The average Bonchev–Trinajstić information content (AvgIpc) is 2.69. The Kier molecular flexibility index (Phi) is 8.78. The number of likely N-dealkylation sites (N-methyl/N-ethyl adjacent to an activating group) is 1. The first-order valence-corrected chi connectivity index (χ1v) is 10.2. The minimum atomic E-state index is -0.236. The lowest BCUT2D eigenvalue weighted by Gasteiger charge is -2.23. The number of carbonyl (C=O) groups is 3. The minimum Gasteiger partial charge on any atom is -0.338 e. The fourth-order valence-electron chi connectivity index (χ4n) is 3.40. The highest BCUT2D eigenvalue weighted by atomic mass is 16.2. The van der Waals surface area contributed by atoms with Crippen LogP contribution in [0.15, 0.2) is 24.3 Å². The third kappa shape index (κ3) is 7.21. The molecular weight excluding hydrogens is 356 g/mol. The molecule has 28 heavy (non-hydrogen) atoms. The summed E-state index contributed by atoms with van der Waals surface area (Å²) >= 11 is 0. The number of benzene rings is 1. The summed E-state index contributed by atoms with van der Waals surface area (Å²) in [4.78, 5) is 37.7. The van der Waals surface area contributed by atoms with Gasteiger partial charge in [-0.05, 0) is 30.9 Å². The van der Waals surface area contributed by atoms with E-state index in [9.17, 15) is 14.4 Å². The highest BCUT2D eigenvalue weighted by Gasteiger charge is 2.17. The van der Waals surface area contributed by atoms with Gasteiger partial charge in [0.2, 0.25) is 11.8 Å². The van der Waals surface area contributed by atoms with Gasteiger partial charge in [0.25, 0.3) is 0 Å². The van der Waals surface area contributed by atoms with Crippen LogP contribution >= 0.6 is 0 Å². The normalized spacial score (nSPS) is 14.2. The number of rotatable bonds is 8. The molecule has 0 heterocycles. The molecule has 0 atom stereocenters. The van der Waals surface area contributed by atoms with Crippen molar-refractivity contribution in [3.63, 3.8) is 0 Å². The SMILES string of the molecule is CCc1ccccc1NC(=O)CN(C)C(=O)CCNC(=O)NC1CCCCC1. The number of nitrogens with zero attached hydrogens (tertiary/aromatic N) is 1. The predicted molar refractivity (Wildman–Crippen MR) is 110 cm³/mol. The molecule has 1 aliphatic rings. The molecular formula is C21H32N4O3. The zero-order valence-corrected chi connectivity index (χ0v) is 16.9. The summed E-state index contributed by atoms with van der Waals surface area (Å²) in [6.07, 6.45) is 6.56. The maximum absolute atomic E-state index is 12.2. The van der Waals surface area contributed by atoms with Crippen molar-refractivity contribution in [2.24, 2.45) is 0 Å². The zero-order chi connectivity index (χ0) is 20.4. The Morgan fingerprint density at radius 2 is 1.82 bits per heavy atom. The molecule has 0 spiro atoms. The van der Waals surface area contributed by atoms with Gasteiger partial charge in [-0.1, -0.05) is 44.4 Å². The second-order valence-corrected chi connectivity index (χ2v) is 7.29. The number of hydrogen-bond acceptors (Lipinski definition) is 3. The molecule has 0 radical (unpaired) electrons. The van der Waals surface area contributed by atoms with Crippen molar-refractivity contribution in [2.45, 2.75) is 57.9 Å². The second kappa shape index (κ2) is 11.3. The van der Waals surface area contributed by atoms with Crippen molar-refractivity contribution in [2.75, 3.05) is 25.5 Å². The summed E-state index contributed by atoms with van der Waals surface area (Å²) in [5.41, 5.74) is 1.83. The van der Waals surface area contributed by atoms with Gasteiger partial charge in [-0.2, -0.15) is 0 Å². The van der Waals surface area contributed by atoms with E-state index < -0.39 is 0 Å². The van der Waals surface area contributed by atoms with Gasteiger partial charge in [0.15, 0.2) is 0 Å². The molecule has 7 nitrogen and oxygen atoms in total. The first-order chi connectivity index (χ1) is 13.5. The third-order valence-corrected chi connectivity index (χ3v) is 5.04.